The summed E-state index contributed by atoms with van der Waals surface area (Å²) in [5.74, 6) is 5.63. The first-order valence-corrected chi connectivity index (χ1v) is 9.60. The molecule has 0 aromatic heterocycles. The summed E-state index contributed by atoms with van der Waals surface area (Å²) in [5.41, 5.74) is 1.45. The summed E-state index contributed by atoms with van der Waals surface area (Å²) in [5, 5.41) is 0.348. The Bertz CT molecular complexity index is 978. The lowest BCUT2D eigenvalue weighted by Gasteiger charge is -2.11. The quantitative estimate of drug-likeness (QED) is 0.814. The summed E-state index contributed by atoms with van der Waals surface area (Å²) >= 11 is 5.81. The van der Waals surface area contributed by atoms with Crippen LogP contribution in [-0.2, 0) is 14.8 Å². The second-order valence-corrected chi connectivity index (χ2v) is 7.60. The molecule has 0 radical (unpaired) electrons. The summed E-state index contributed by atoms with van der Waals surface area (Å²) < 4.78 is 31.6. The maximum absolute atomic E-state index is 12.1. The molecule has 3 rings (SSSR count). The molecule has 2 aromatic rings. The normalized spacial score (nSPS) is 13.9. The van der Waals surface area contributed by atoms with Gasteiger partial charge in [-0.15, -0.1) is 0 Å². The standard InChI is InChI=1S/C18H15ClN2O4S/c19-15-4-1-5-17(13-15)26(23,24)20-10-2-3-14-6-8-16(9-7-14)21-11-12-25-18(21)22/h1,4-9,13,20H,10-12H2. The van der Waals surface area contributed by atoms with Crippen LogP contribution in [0.2, 0.25) is 5.02 Å². The van der Waals surface area contributed by atoms with E-state index in [1.165, 1.54) is 17.0 Å². The average Bonchev–Trinajstić information content (AvgIpc) is 3.05. The molecule has 0 bridgehead atoms. The van der Waals surface area contributed by atoms with Gasteiger partial charge in [0.2, 0.25) is 10.0 Å². The van der Waals surface area contributed by atoms with E-state index in [0.29, 0.717) is 23.7 Å². The number of nitrogens with zero attached hydrogens (tertiary/aromatic N) is 1. The number of carbonyl (C=O) groups is 1. The summed E-state index contributed by atoms with van der Waals surface area (Å²) in [4.78, 5) is 13.1. The highest BCUT2D eigenvalue weighted by atomic mass is 35.5. The molecular weight excluding hydrogens is 376 g/mol. The number of halogens is 1. The number of hydrogen-bond acceptors (Lipinski definition) is 4. The van der Waals surface area contributed by atoms with Crippen LogP contribution < -0.4 is 9.62 Å². The lowest BCUT2D eigenvalue weighted by molar-refractivity contribution is 0.181. The smallest absolute Gasteiger partial charge is 0.414 e. The van der Waals surface area contributed by atoms with Crippen LogP contribution in [-0.4, -0.2) is 34.2 Å². The maximum atomic E-state index is 12.1. The first-order chi connectivity index (χ1) is 12.5. The van der Waals surface area contributed by atoms with Crippen LogP contribution in [0.1, 0.15) is 5.56 Å². The third-order valence-corrected chi connectivity index (χ3v) is 5.26. The molecule has 1 amide bonds. The molecule has 0 aliphatic carbocycles. The number of amides is 1. The van der Waals surface area contributed by atoms with Gasteiger partial charge in [-0.25, -0.2) is 13.2 Å². The Kier molecular flexibility index (Phi) is 5.47. The van der Waals surface area contributed by atoms with Gasteiger partial charge in [0.25, 0.3) is 0 Å². The predicted molar refractivity (Wildman–Crippen MR) is 98.7 cm³/mol. The molecule has 0 saturated carbocycles. The summed E-state index contributed by atoms with van der Waals surface area (Å²) in [6.45, 7) is 0.872. The third kappa shape index (κ3) is 4.35. The molecule has 2 aromatic carbocycles. The van der Waals surface area contributed by atoms with Crippen LogP contribution in [0, 0.1) is 11.8 Å². The van der Waals surface area contributed by atoms with Crippen LogP contribution in [0.15, 0.2) is 53.4 Å². The Morgan fingerprint density at radius 1 is 1.19 bits per heavy atom. The van der Waals surface area contributed by atoms with Gasteiger partial charge in [-0.3, -0.25) is 4.90 Å². The highest BCUT2D eigenvalue weighted by molar-refractivity contribution is 7.89. The first-order valence-electron chi connectivity index (χ1n) is 7.74. The van der Waals surface area contributed by atoms with E-state index >= 15 is 0 Å². The minimum Gasteiger partial charge on any atom is -0.447 e. The van der Waals surface area contributed by atoms with Crippen molar-refractivity contribution in [1.29, 1.82) is 0 Å². The molecule has 26 heavy (non-hydrogen) atoms. The highest BCUT2D eigenvalue weighted by Gasteiger charge is 2.23. The number of sulfonamides is 1. The van der Waals surface area contributed by atoms with Gasteiger partial charge in [0.05, 0.1) is 18.0 Å². The van der Waals surface area contributed by atoms with E-state index in [2.05, 4.69) is 16.6 Å². The number of hydrogen-bond donors (Lipinski definition) is 1. The van der Waals surface area contributed by atoms with E-state index in [1.54, 1.807) is 36.4 Å². The summed E-state index contributed by atoms with van der Waals surface area (Å²) in [6.07, 6.45) is -0.362. The predicted octanol–water partition coefficient (Wildman–Crippen LogP) is 2.63. The highest BCUT2D eigenvalue weighted by Crippen LogP contribution is 2.19. The van der Waals surface area contributed by atoms with Crippen LogP contribution in [0.25, 0.3) is 0 Å². The van der Waals surface area contributed by atoms with Gasteiger partial charge in [0, 0.05) is 16.3 Å². The Hall–Kier alpha value is -2.53. The Balaban J connectivity index is 1.60. The van der Waals surface area contributed by atoms with Gasteiger partial charge < -0.3 is 4.74 Å². The Morgan fingerprint density at radius 3 is 2.62 bits per heavy atom. The van der Waals surface area contributed by atoms with Crippen molar-refractivity contribution < 1.29 is 17.9 Å². The van der Waals surface area contributed by atoms with Crippen molar-refractivity contribution >= 4 is 33.4 Å². The molecule has 1 fully saturated rings. The van der Waals surface area contributed by atoms with Crippen molar-refractivity contribution in [2.45, 2.75) is 4.90 Å². The van der Waals surface area contributed by atoms with E-state index in [1.807, 2.05) is 0 Å². The maximum Gasteiger partial charge on any atom is 0.414 e. The molecule has 134 valence electrons. The number of ether oxygens (including phenoxy) is 1. The topological polar surface area (TPSA) is 75.7 Å². The van der Waals surface area contributed by atoms with Gasteiger partial charge in [0.15, 0.2) is 0 Å². The number of rotatable bonds is 4. The second kappa shape index (κ2) is 7.79. The number of anilines is 1. The lowest BCUT2D eigenvalue weighted by atomic mass is 10.2. The molecule has 1 aliphatic heterocycles. The molecule has 6 nitrogen and oxygen atoms in total. The van der Waals surface area contributed by atoms with E-state index in [4.69, 9.17) is 16.3 Å². The lowest BCUT2D eigenvalue weighted by Crippen LogP contribution is -2.24. The first kappa shape index (κ1) is 18.3. The average molecular weight is 391 g/mol. The fraction of sp³-hybridized carbons (Fsp3) is 0.167. The third-order valence-electron chi connectivity index (χ3n) is 3.63. The van der Waals surface area contributed by atoms with E-state index in [9.17, 15) is 13.2 Å². The molecule has 0 atom stereocenters. The molecule has 8 heteroatoms. The van der Waals surface area contributed by atoms with Crippen molar-refractivity contribution in [3.63, 3.8) is 0 Å². The van der Waals surface area contributed by atoms with Crippen LogP contribution in [0.5, 0.6) is 0 Å². The van der Waals surface area contributed by atoms with Gasteiger partial charge >= 0.3 is 6.09 Å². The van der Waals surface area contributed by atoms with E-state index < -0.39 is 10.0 Å². The van der Waals surface area contributed by atoms with Crippen LogP contribution >= 0.6 is 11.6 Å². The van der Waals surface area contributed by atoms with Gasteiger partial charge in [0.1, 0.15) is 6.61 Å². The van der Waals surface area contributed by atoms with Crippen molar-refractivity contribution in [2.75, 3.05) is 24.6 Å². The SMILES string of the molecule is O=C1OCCN1c1ccc(C#CCNS(=O)(=O)c2cccc(Cl)c2)cc1. The van der Waals surface area contributed by atoms with Gasteiger partial charge in [-0.05, 0) is 42.5 Å². The van der Waals surface area contributed by atoms with Crippen molar-refractivity contribution in [2.24, 2.45) is 0 Å². The molecular formula is C18H15ClN2O4S. The molecule has 1 N–H and O–H groups in total. The number of carbonyl (C=O) groups excluding carboxylic acids is 1. The fourth-order valence-corrected chi connectivity index (χ4v) is 3.57. The Morgan fingerprint density at radius 2 is 1.96 bits per heavy atom. The monoisotopic (exact) mass is 390 g/mol. The van der Waals surface area contributed by atoms with Crippen LogP contribution in [0.3, 0.4) is 0 Å². The molecule has 1 heterocycles. The zero-order valence-corrected chi connectivity index (χ0v) is 15.2. The summed E-state index contributed by atoms with van der Waals surface area (Å²) in [6, 6.07) is 13.1. The van der Waals surface area contributed by atoms with Gasteiger partial charge in [-0.2, -0.15) is 4.72 Å². The van der Waals surface area contributed by atoms with Crippen molar-refractivity contribution in [3.8, 4) is 11.8 Å². The Labute approximate surface area is 156 Å². The van der Waals surface area contributed by atoms with Gasteiger partial charge in [-0.1, -0.05) is 29.5 Å². The number of nitrogens with one attached hydrogen (secondary N) is 1. The minimum atomic E-state index is -3.66. The van der Waals surface area contributed by atoms with E-state index in [-0.39, 0.29) is 17.5 Å². The molecule has 1 saturated heterocycles. The summed E-state index contributed by atoms with van der Waals surface area (Å²) in [7, 11) is -3.66. The zero-order valence-electron chi connectivity index (χ0n) is 13.6. The molecule has 0 unspecified atom stereocenters. The second-order valence-electron chi connectivity index (χ2n) is 5.40. The van der Waals surface area contributed by atoms with Crippen molar-refractivity contribution in [3.05, 3.63) is 59.1 Å². The molecule has 0 spiro atoms. The minimum absolute atomic E-state index is 0.0327. The van der Waals surface area contributed by atoms with E-state index in [0.717, 1.165) is 5.69 Å². The molecule has 1 aliphatic rings. The fourth-order valence-electron chi connectivity index (χ4n) is 2.35. The number of benzene rings is 2. The number of cyclic esters (lactones) is 1. The van der Waals surface area contributed by atoms with Crippen LogP contribution in [0.4, 0.5) is 10.5 Å². The largest absolute Gasteiger partial charge is 0.447 e. The van der Waals surface area contributed by atoms with Crippen molar-refractivity contribution in [1.82, 2.24) is 4.72 Å². The zero-order chi connectivity index (χ0) is 18.6.